The van der Waals surface area contributed by atoms with Gasteiger partial charge in [-0.15, -0.1) is 0 Å². The van der Waals surface area contributed by atoms with Crippen molar-refractivity contribution in [3.63, 3.8) is 0 Å². The lowest BCUT2D eigenvalue weighted by Crippen LogP contribution is -2.33. The highest BCUT2D eigenvalue weighted by Crippen LogP contribution is 2.58. The molecule has 4 aromatic rings. The van der Waals surface area contributed by atoms with Crippen molar-refractivity contribution in [1.82, 2.24) is 0 Å². The van der Waals surface area contributed by atoms with Crippen molar-refractivity contribution in [3.8, 4) is 11.5 Å². The van der Waals surface area contributed by atoms with E-state index in [4.69, 9.17) is 9.47 Å². The normalized spacial score (nSPS) is 16.7. The summed E-state index contributed by atoms with van der Waals surface area (Å²) in [4.78, 5) is 28.4. The van der Waals surface area contributed by atoms with Crippen LogP contribution in [-0.2, 0) is 10.3 Å². The fraction of sp³-hybridized carbons (Fsp3) is 0.188. The van der Waals surface area contributed by atoms with E-state index >= 15 is 0 Å². The van der Waals surface area contributed by atoms with Crippen molar-refractivity contribution in [3.05, 3.63) is 113 Å². The van der Waals surface area contributed by atoms with Crippen molar-refractivity contribution in [1.29, 1.82) is 0 Å². The topological polar surface area (TPSA) is 67.9 Å². The number of carbonyl (C=O) groups is 2. The first-order chi connectivity index (χ1) is 18.5. The van der Waals surface area contributed by atoms with Gasteiger partial charge in [-0.25, -0.2) is 4.79 Å². The average molecular weight is 505 g/mol. The van der Waals surface area contributed by atoms with Gasteiger partial charge in [-0.2, -0.15) is 0 Å². The first kappa shape index (κ1) is 23.8. The van der Waals surface area contributed by atoms with Gasteiger partial charge in [0.1, 0.15) is 11.5 Å². The van der Waals surface area contributed by atoms with E-state index in [1.54, 1.807) is 13.0 Å². The Morgan fingerprint density at radius 2 is 1.47 bits per heavy atom. The van der Waals surface area contributed by atoms with Gasteiger partial charge < -0.3 is 19.7 Å². The molecule has 6 rings (SSSR count). The Hall–Kier alpha value is -4.58. The largest absolute Gasteiger partial charge is 0.456 e. The van der Waals surface area contributed by atoms with Gasteiger partial charge >= 0.3 is 5.97 Å². The van der Waals surface area contributed by atoms with E-state index in [0.29, 0.717) is 39.6 Å². The molecule has 0 radical (unpaired) electrons. The number of para-hydroxylation sites is 1. The Morgan fingerprint density at radius 1 is 0.816 bits per heavy atom. The number of nitrogens with zero attached hydrogens (tertiary/aromatic N) is 1. The van der Waals surface area contributed by atoms with Crippen molar-refractivity contribution in [2.75, 3.05) is 23.3 Å². The zero-order chi connectivity index (χ0) is 26.4. The number of carbonyl (C=O) groups excluding carboxylic acids is 2. The molecule has 1 N–H and O–H groups in total. The Balaban J connectivity index is 1.59. The van der Waals surface area contributed by atoms with Crippen LogP contribution in [0.4, 0.5) is 17.1 Å². The van der Waals surface area contributed by atoms with Crippen LogP contribution in [0.25, 0.3) is 0 Å². The molecule has 0 aromatic heterocycles. The van der Waals surface area contributed by atoms with E-state index in [1.165, 1.54) is 0 Å². The molecule has 0 aliphatic carbocycles. The number of ether oxygens (including phenoxy) is 2. The number of nitrogens with one attached hydrogen (secondary N) is 1. The predicted molar refractivity (Wildman–Crippen MR) is 148 cm³/mol. The van der Waals surface area contributed by atoms with Gasteiger partial charge in [-0.1, -0.05) is 48.5 Å². The van der Waals surface area contributed by atoms with Crippen LogP contribution in [0.5, 0.6) is 11.5 Å². The van der Waals surface area contributed by atoms with Crippen LogP contribution < -0.4 is 15.0 Å². The predicted octanol–water partition coefficient (Wildman–Crippen LogP) is 7.05. The number of hydrogen-bond acceptors (Lipinski definition) is 6. The number of rotatable bonds is 6. The number of anilines is 3. The molecule has 0 fully saturated rings. The molecule has 1 atom stereocenters. The number of esters is 1. The first-order valence-electron chi connectivity index (χ1n) is 12.9. The molecule has 2 aliphatic rings. The van der Waals surface area contributed by atoms with Gasteiger partial charge in [-0.3, -0.25) is 4.79 Å². The first-order valence-corrected chi connectivity index (χ1v) is 12.9. The van der Waals surface area contributed by atoms with Crippen LogP contribution >= 0.6 is 0 Å². The van der Waals surface area contributed by atoms with E-state index in [9.17, 15) is 9.59 Å². The van der Waals surface area contributed by atoms with Crippen LogP contribution in [0.3, 0.4) is 0 Å². The lowest BCUT2D eigenvalue weighted by atomic mass is 9.77. The summed E-state index contributed by atoms with van der Waals surface area (Å²) < 4.78 is 12.7. The summed E-state index contributed by atoms with van der Waals surface area (Å²) in [6.45, 7) is 7.30. The van der Waals surface area contributed by atoms with E-state index < -0.39 is 5.60 Å². The van der Waals surface area contributed by atoms with Crippen LogP contribution in [0.1, 0.15) is 58.2 Å². The highest BCUT2D eigenvalue weighted by molar-refractivity contribution is 6.06. The molecule has 190 valence electrons. The third kappa shape index (κ3) is 3.40. The molecule has 0 saturated heterocycles. The lowest BCUT2D eigenvalue weighted by Gasteiger charge is -2.38. The van der Waals surface area contributed by atoms with Gasteiger partial charge in [0.15, 0.2) is 11.4 Å². The Labute approximate surface area is 221 Å². The summed E-state index contributed by atoms with van der Waals surface area (Å²) >= 11 is 0. The van der Waals surface area contributed by atoms with Crippen LogP contribution in [0, 0.1) is 0 Å². The highest BCUT2D eigenvalue weighted by atomic mass is 16.6. The quantitative estimate of drug-likeness (QED) is 0.224. The number of fused-ring (bicyclic) bond motifs is 6. The second-order valence-electron chi connectivity index (χ2n) is 9.45. The maximum atomic E-state index is 13.2. The summed E-state index contributed by atoms with van der Waals surface area (Å²) in [6, 6.07) is 26.7. The monoisotopic (exact) mass is 504 g/mol. The minimum Gasteiger partial charge on any atom is -0.456 e. The van der Waals surface area contributed by atoms with Gasteiger partial charge in [0, 0.05) is 29.9 Å². The standard InChI is InChI=1S/C32H28N2O4/c1-4-34(5-2)26-17-10-15-24(29(26)20(3)35)33-25-16-11-19-28-30(25)32(23-14-8-9-18-27(23)37-28)22-13-7-6-12-21(22)31(36)38-32/h6-19,33H,4-5H2,1-3H3. The molecule has 0 amide bonds. The number of ketones is 1. The molecule has 4 aromatic carbocycles. The van der Waals surface area contributed by atoms with Crippen LogP contribution in [-0.4, -0.2) is 24.8 Å². The molecule has 1 spiro atoms. The summed E-state index contributed by atoms with van der Waals surface area (Å²) in [5.41, 5.74) is 4.41. The van der Waals surface area contributed by atoms with Gasteiger partial charge in [0.25, 0.3) is 0 Å². The maximum absolute atomic E-state index is 13.2. The van der Waals surface area contributed by atoms with Crippen molar-refractivity contribution in [2.45, 2.75) is 26.4 Å². The van der Waals surface area contributed by atoms with E-state index in [1.807, 2.05) is 78.9 Å². The molecular formula is C32H28N2O4. The minimum absolute atomic E-state index is 0.0336. The van der Waals surface area contributed by atoms with Crippen LogP contribution in [0.2, 0.25) is 0 Å². The Kier molecular flexibility index (Phi) is 5.68. The second kappa shape index (κ2) is 9.06. The van der Waals surface area contributed by atoms with E-state index in [-0.39, 0.29) is 11.8 Å². The molecule has 2 heterocycles. The van der Waals surface area contributed by atoms with Gasteiger partial charge in [0.2, 0.25) is 0 Å². The average Bonchev–Trinajstić information content (AvgIpc) is 3.22. The Morgan fingerprint density at radius 3 is 2.24 bits per heavy atom. The number of benzene rings is 4. The summed E-state index contributed by atoms with van der Waals surface area (Å²) in [6.07, 6.45) is 0. The van der Waals surface area contributed by atoms with E-state index in [0.717, 1.165) is 29.9 Å². The lowest BCUT2D eigenvalue weighted by molar-refractivity contribution is 0.0227. The Bertz CT molecular complexity index is 1590. The zero-order valence-electron chi connectivity index (χ0n) is 21.6. The van der Waals surface area contributed by atoms with Gasteiger partial charge in [0.05, 0.1) is 28.1 Å². The van der Waals surface area contributed by atoms with Crippen molar-refractivity contribution < 1.29 is 19.1 Å². The van der Waals surface area contributed by atoms with E-state index in [2.05, 4.69) is 24.1 Å². The summed E-state index contributed by atoms with van der Waals surface area (Å²) in [5.74, 6) is 0.803. The second-order valence-corrected chi connectivity index (χ2v) is 9.45. The van der Waals surface area contributed by atoms with Crippen molar-refractivity contribution >= 4 is 28.8 Å². The molecule has 1 unspecified atom stereocenters. The third-order valence-corrected chi connectivity index (χ3v) is 7.40. The molecule has 38 heavy (non-hydrogen) atoms. The molecule has 6 nitrogen and oxygen atoms in total. The molecule has 6 heteroatoms. The zero-order valence-corrected chi connectivity index (χ0v) is 21.6. The number of hydrogen-bond donors (Lipinski definition) is 1. The third-order valence-electron chi connectivity index (χ3n) is 7.40. The van der Waals surface area contributed by atoms with Gasteiger partial charge in [-0.05, 0) is 57.2 Å². The smallest absolute Gasteiger partial charge is 0.340 e. The maximum Gasteiger partial charge on any atom is 0.340 e. The van der Waals surface area contributed by atoms with Crippen molar-refractivity contribution in [2.24, 2.45) is 0 Å². The molecule has 2 aliphatic heterocycles. The fourth-order valence-corrected chi connectivity index (χ4v) is 5.77. The molecule has 0 saturated carbocycles. The minimum atomic E-state index is -1.20. The molecule has 0 bridgehead atoms. The molecular weight excluding hydrogens is 476 g/mol. The SMILES string of the molecule is CCN(CC)c1cccc(Nc2cccc3c2C2(OC(=O)c4ccccc42)c2ccccc2O3)c1C(C)=O. The number of Topliss-reactive ketones (excluding diaryl/α,β-unsaturated/α-hetero) is 1. The fourth-order valence-electron chi connectivity index (χ4n) is 5.77. The summed E-state index contributed by atoms with van der Waals surface area (Å²) in [7, 11) is 0. The van der Waals surface area contributed by atoms with Crippen LogP contribution in [0.15, 0.2) is 84.9 Å². The summed E-state index contributed by atoms with van der Waals surface area (Å²) in [5, 5.41) is 3.53. The highest BCUT2D eigenvalue weighted by Gasteiger charge is 2.54.